The molecule has 1 heterocycles. The summed E-state index contributed by atoms with van der Waals surface area (Å²) in [6, 6.07) is 9.14. The van der Waals surface area contributed by atoms with Gasteiger partial charge in [-0.05, 0) is 41.7 Å². The van der Waals surface area contributed by atoms with Crippen molar-refractivity contribution >= 4 is 17.2 Å². The third-order valence-electron chi connectivity index (χ3n) is 5.12. The summed E-state index contributed by atoms with van der Waals surface area (Å²) >= 11 is 5.09. The van der Waals surface area contributed by atoms with Crippen LogP contribution in [-0.4, -0.2) is 22.5 Å². The smallest absolute Gasteiger partial charge is 0.103 e. The molecule has 2 N–H and O–H groups in total. The van der Waals surface area contributed by atoms with Gasteiger partial charge in [0.1, 0.15) is 4.99 Å². The van der Waals surface area contributed by atoms with E-state index in [0.717, 1.165) is 18.2 Å². The third kappa shape index (κ3) is 3.14. The van der Waals surface area contributed by atoms with Gasteiger partial charge in [-0.3, -0.25) is 4.90 Å². The van der Waals surface area contributed by atoms with E-state index < -0.39 is 0 Å². The fraction of sp³-hybridized carbons (Fsp3) is 0.611. The van der Waals surface area contributed by atoms with Crippen LogP contribution in [0.5, 0.6) is 0 Å². The van der Waals surface area contributed by atoms with Crippen LogP contribution in [-0.2, 0) is 6.54 Å². The number of fused-ring (bicyclic) bond motifs is 2. The number of hydrogen-bond acceptors (Lipinski definition) is 2. The predicted molar refractivity (Wildman–Crippen MR) is 92.3 cm³/mol. The number of rotatable bonds is 3. The Bertz CT molecular complexity index is 566. The first-order chi connectivity index (χ1) is 9.76. The number of benzene rings is 1. The zero-order valence-electron chi connectivity index (χ0n) is 13.4. The summed E-state index contributed by atoms with van der Waals surface area (Å²) in [6.45, 7) is 9.56. The summed E-state index contributed by atoms with van der Waals surface area (Å²) in [5.41, 5.74) is 9.03. The van der Waals surface area contributed by atoms with E-state index in [4.69, 9.17) is 18.0 Å². The predicted octanol–water partition coefficient (Wildman–Crippen LogP) is 3.72. The molecule has 3 heteroatoms. The number of likely N-dealkylation sites (tertiary alicyclic amines) is 1. The first-order valence-corrected chi connectivity index (χ1v) is 8.30. The van der Waals surface area contributed by atoms with Crippen molar-refractivity contribution in [2.24, 2.45) is 16.6 Å². The van der Waals surface area contributed by atoms with Gasteiger partial charge < -0.3 is 5.73 Å². The molecule has 1 aliphatic carbocycles. The number of thiocarbonyl (C=S) groups is 1. The van der Waals surface area contributed by atoms with E-state index in [9.17, 15) is 0 Å². The van der Waals surface area contributed by atoms with Crippen molar-refractivity contribution in [2.75, 3.05) is 6.54 Å². The molecule has 21 heavy (non-hydrogen) atoms. The van der Waals surface area contributed by atoms with Gasteiger partial charge in [0, 0.05) is 24.7 Å². The third-order valence-corrected chi connectivity index (χ3v) is 5.36. The standard InChI is InChI=1S/C18H26N2S/c1-17(2)8-15-9-18(3,11-17)12-20(15)10-13-5-4-6-14(7-13)16(19)21/h4-7,15H,8-12H2,1-3H3,(H2,19,21). The fourth-order valence-electron chi connectivity index (χ4n) is 4.82. The first kappa shape index (κ1) is 15.0. The van der Waals surface area contributed by atoms with Crippen molar-refractivity contribution < 1.29 is 0 Å². The van der Waals surface area contributed by atoms with Crippen LogP contribution < -0.4 is 5.73 Å². The van der Waals surface area contributed by atoms with Gasteiger partial charge in [0.25, 0.3) is 0 Å². The van der Waals surface area contributed by atoms with Gasteiger partial charge in [0.05, 0.1) is 0 Å². The quantitative estimate of drug-likeness (QED) is 0.863. The molecule has 1 aliphatic heterocycles. The average Bonchev–Trinajstić information content (AvgIpc) is 2.58. The highest BCUT2D eigenvalue weighted by molar-refractivity contribution is 7.80. The maximum atomic E-state index is 5.75. The average molecular weight is 302 g/mol. The zero-order chi connectivity index (χ0) is 15.3. The van der Waals surface area contributed by atoms with Gasteiger partial charge in [-0.2, -0.15) is 0 Å². The second kappa shape index (κ2) is 5.06. The molecule has 2 atom stereocenters. The highest BCUT2D eigenvalue weighted by Crippen LogP contribution is 2.52. The van der Waals surface area contributed by atoms with E-state index >= 15 is 0 Å². The normalized spacial score (nSPS) is 31.3. The van der Waals surface area contributed by atoms with Crippen molar-refractivity contribution in [2.45, 2.75) is 52.6 Å². The Labute approximate surface area is 133 Å². The van der Waals surface area contributed by atoms with Gasteiger partial charge in [-0.25, -0.2) is 0 Å². The minimum Gasteiger partial charge on any atom is -0.389 e. The molecular weight excluding hydrogens is 276 g/mol. The van der Waals surface area contributed by atoms with Gasteiger partial charge in [-0.1, -0.05) is 51.2 Å². The summed E-state index contributed by atoms with van der Waals surface area (Å²) < 4.78 is 0. The van der Waals surface area contributed by atoms with Gasteiger partial charge in [-0.15, -0.1) is 0 Å². The lowest BCUT2D eigenvalue weighted by atomic mass is 9.65. The maximum absolute atomic E-state index is 5.75. The molecule has 1 aromatic rings. The fourth-order valence-corrected chi connectivity index (χ4v) is 4.95. The Morgan fingerprint density at radius 3 is 2.81 bits per heavy atom. The van der Waals surface area contributed by atoms with Crippen LogP contribution in [0.4, 0.5) is 0 Å². The monoisotopic (exact) mass is 302 g/mol. The minimum absolute atomic E-state index is 0.479. The van der Waals surface area contributed by atoms with E-state index in [2.05, 4.69) is 43.9 Å². The molecule has 2 fully saturated rings. The van der Waals surface area contributed by atoms with Crippen molar-refractivity contribution in [1.29, 1.82) is 0 Å². The second-order valence-electron chi connectivity index (χ2n) is 8.18. The first-order valence-electron chi connectivity index (χ1n) is 7.89. The van der Waals surface area contributed by atoms with Crippen molar-refractivity contribution in [3.63, 3.8) is 0 Å². The van der Waals surface area contributed by atoms with E-state index in [1.165, 1.54) is 31.4 Å². The number of nitrogens with zero attached hydrogens (tertiary/aromatic N) is 1. The minimum atomic E-state index is 0.479. The molecule has 2 nitrogen and oxygen atoms in total. The molecule has 1 aromatic carbocycles. The molecule has 2 bridgehead atoms. The summed E-state index contributed by atoms with van der Waals surface area (Å²) in [4.78, 5) is 3.16. The van der Waals surface area contributed by atoms with E-state index in [0.29, 0.717) is 15.8 Å². The lowest BCUT2D eigenvalue weighted by molar-refractivity contribution is 0.126. The molecular formula is C18H26N2S. The van der Waals surface area contributed by atoms with Crippen LogP contribution in [0.15, 0.2) is 24.3 Å². The van der Waals surface area contributed by atoms with Gasteiger partial charge in [0.15, 0.2) is 0 Å². The summed E-state index contributed by atoms with van der Waals surface area (Å²) in [6.07, 6.45) is 4.02. The molecule has 2 unspecified atom stereocenters. The highest BCUT2D eigenvalue weighted by atomic mass is 32.1. The number of hydrogen-bond donors (Lipinski definition) is 1. The van der Waals surface area contributed by atoms with Crippen LogP contribution in [0, 0.1) is 10.8 Å². The van der Waals surface area contributed by atoms with Gasteiger partial charge in [0.2, 0.25) is 0 Å². The largest absolute Gasteiger partial charge is 0.389 e. The van der Waals surface area contributed by atoms with Crippen molar-refractivity contribution in [1.82, 2.24) is 4.90 Å². The van der Waals surface area contributed by atoms with Crippen LogP contribution in [0.25, 0.3) is 0 Å². The van der Waals surface area contributed by atoms with E-state index in [-0.39, 0.29) is 0 Å². The van der Waals surface area contributed by atoms with Crippen LogP contribution in [0.1, 0.15) is 51.2 Å². The summed E-state index contributed by atoms with van der Waals surface area (Å²) in [7, 11) is 0. The van der Waals surface area contributed by atoms with Crippen LogP contribution in [0.2, 0.25) is 0 Å². The molecule has 0 amide bonds. The number of nitrogens with two attached hydrogens (primary N) is 1. The molecule has 2 aliphatic rings. The van der Waals surface area contributed by atoms with Gasteiger partial charge >= 0.3 is 0 Å². The summed E-state index contributed by atoms with van der Waals surface area (Å²) in [5.74, 6) is 0. The lowest BCUT2D eigenvalue weighted by Crippen LogP contribution is -2.34. The molecule has 1 saturated carbocycles. The molecule has 3 rings (SSSR count). The topological polar surface area (TPSA) is 29.3 Å². The van der Waals surface area contributed by atoms with E-state index in [1.54, 1.807) is 0 Å². The second-order valence-corrected chi connectivity index (χ2v) is 8.62. The Kier molecular flexibility index (Phi) is 3.61. The molecule has 114 valence electrons. The molecule has 1 saturated heterocycles. The Morgan fingerprint density at radius 2 is 2.10 bits per heavy atom. The Balaban J connectivity index is 1.77. The SMILES string of the molecule is CC1(C)CC2CC(C)(CN2Cc2cccc(C(N)=S)c2)C1. The van der Waals surface area contributed by atoms with Crippen LogP contribution in [0.3, 0.4) is 0 Å². The molecule has 0 radical (unpaired) electrons. The molecule has 0 spiro atoms. The zero-order valence-corrected chi connectivity index (χ0v) is 14.2. The Hall–Kier alpha value is -0.930. The van der Waals surface area contributed by atoms with E-state index in [1.807, 2.05) is 6.07 Å². The lowest BCUT2D eigenvalue weighted by Gasteiger charge is -2.40. The maximum Gasteiger partial charge on any atom is 0.103 e. The Morgan fingerprint density at radius 1 is 1.33 bits per heavy atom. The molecule has 0 aromatic heterocycles. The van der Waals surface area contributed by atoms with Crippen LogP contribution >= 0.6 is 12.2 Å². The highest BCUT2D eigenvalue weighted by Gasteiger charge is 2.49. The summed E-state index contributed by atoms with van der Waals surface area (Å²) in [5, 5.41) is 0. The van der Waals surface area contributed by atoms with Crippen molar-refractivity contribution in [3.05, 3.63) is 35.4 Å². The van der Waals surface area contributed by atoms with Crippen molar-refractivity contribution in [3.8, 4) is 0 Å².